The Morgan fingerprint density at radius 1 is 1.22 bits per heavy atom. The van der Waals surface area contributed by atoms with Gasteiger partial charge in [0, 0.05) is 19.4 Å². The Balaban J connectivity index is 3.14. The summed E-state index contributed by atoms with van der Waals surface area (Å²) in [4.78, 5) is 33.3. The number of nitrogens with one attached hydrogen (secondary N) is 1. The van der Waals surface area contributed by atoms with E-state index in [-0.39, 0.29) is 5.75 Å². The Morgan fingerprint density at radius 3 is 2.33 bits per heavy atom. The van der Waals surface area contributed by atoms with E-state index in [2.05, 4.69) is 5.32 Å². The zero-order chi connectivity index (χ0) is 13.7. The number of hydrogen-bond acceptors (Lipinski definition) is 4. The van der Waals surface area contributed by atoms with Crippen molar-refractivity contribution in [3.63, 3.8) is 0 Å². The van der Waals surface area contributed by atoms with Crippen LogP contribution in [0.15, 0.2) is 24.3 Å². The van der Waals surface area contributed by atoms with E-state index in [1.807, 2.05) is 0 Å². The van der Waals surface area contributed by atoms with Crippen LogP contribution in [0, 0.1) is 0 Å². The van der Waals surface area contributed by atoms with Crippen LogP contribution in [-0.2, 0) is 14.4 Å². The van der Waals surface area contributed by atoms with Crippen LogP contribution in [-0.4, -0.2) is 17.8 Å². The minimum atomic E-state index is -1.03. The monoisotopic (exact) mass is 250 g/mol. The van der Waals surface area contributed by atoms with Gasteiger partial charge in [-0.15, -0.1) is 0 Å². The zero-order valence-electron chi connectivity index (χ0n) is 10.1. The van der Waals surface area contributed by atoms with Crippen molar-refractivity contribution < 1.29 is 19.1 Å². The van der Waals surface area contributed by atoms with E-state index in [1.54, 1.807) is 18.2 Å². The molecule has 0 saturated carbocycles. The van der Waals surface area contributed by atoms with E-state index in [9.17, 15) is 14.4 Å². The zero-order valence-corrected chi connectivity index (χ0v) is 10.1. The van der Waals surface area contributed by atoms with Crippen molar-refractivity contribution in [3.05, 3.63) is 29.8 Å². The minimum Gasteiger partial charge on any atom is -0.426 e. The summed E-state index contributed by atoms with van der Waals surface area (Å²) in [6, 6.07) is 5.35. The Morgan fingerprint density at radius 2 is 1.83 bits per heavy atom. The number of hydrogen-bond donors (Lipinski definition) is 2. The molecule has 2 amide bonds. The van der Waals surface area contributed by atoms with Gasteiger partial charge in [-0.3, -0.25) is 14.4 Å². The van der Waals surface area contributed by atoms with E-state index in [1.165, 1.54) is 19.9 Å². The largest absolute Gasteiger partial charge is 0.426 e. The SMILES string of the molecule is CC(=O)NC(C(N)=O)c1ccccc1OC(C)=O. The quantitative estimate of drug-likeness (QED) is 0.592. The van der Waals surface area contributed by atoms with Crippen molar-refractivity contribution in [2.45, 2.75) is 19.9 Å². The Kier molecular flexibility index (Phi) is 4.42. The maximum Gasteiger partial charge on any atom is 0.308 e. The lowest BCUT2D eigenvalue weighted by molar-refractivity contribution is -0.132. The number of ether oxygens (including phenoxy) is 1. The fourth-order valence-electron chi connectivity index (χ4n) is 1.47. The van der Waals surface area contributed by atoms with Crippen molar-refractivity contribution in [3.8, 4) is 5.75 Å². The highest BCUT2D eigenvalue weighted by Gasteiger charge is 2.22. The Labute approximate surface area is 104 Å². The van der Waals surface area contributed by atoms with Crippen LogP contribution in [0.1, 0.15) is 25.5 Å². The van der Waals surface area contributed by atoms with Gasteiger partial charge in [0.2, 0.25) is 11.8 Å². The molecule has 0 aliphatic heterocycles. The molecule has 1 rings (SSSR count). The van der Waals surface area contributed by atoms with Crippen molar-refractivity contribution >= 4 is 17.8 Å². The second kappa shape index (κ2) is 5.81. The van der Waals surface area contributed by atoms with Gasteiger partial charge < -0.3 is 15.8 Å². The van der Waals surface area contributed by atoms with Gasteiger partial charge in [-0.25, -0.2) is 0 Å². The molecule has 0 aromatic heterocycles. The molecule has 3 N–H and O–H groups in total. The standard InChI is InChI=1S/C12H14N2O4/c1-7(15)14-11(12(13)17)9-5-3-4-6-10(9)18-8(2)16/h3-6,11H,1-2H3,(H2,13,17)(H,14,15). The predicted octanol–water partition coefficient (Wildman–Crippen LogP) is 0.274. The molecule has 0 bridgehead atoms. The number of esters is 1. The summed E-state index contributed by atoms with van der Waals surface area (Å²) in [5.41, 5.74) is 5.57. The molecule has 0 radical (unpaired) electrons. The van der Waals surface area contributed by atoms with Gasteiger partial charge in [-0.05, 0) is 6.07 Å². The summed E-state index contributed by atoms with van der Waals surface area (Å²) in [7, 11) is 0. The summed E-state index contributed by atoms with van der Waals surface area (Å²) in [5, 5.41) is 2.40. The van der Waals surface area contributed by atoms with Gasteiger partial charge in [0.15, 0.2) is 0 Å². The van der Waals surface area contributed by atoms with Crippen molar-refractivity contribution in [1.29, 1.82) is 0 Å². The van der Waals surface area contributed by atoms with E-state index < -0.39 is 23.8 Å². The molecule has 0 heterocycles. The third kappa shape index (κ3) is 3.58. The van der Waals surface area contributed by atoms with Gasteiger partial charge in [-0.2, -0.15) is 0 Å². The van der Waals surface area contributed by atoms with Gasteiger partial charge in [0.05, 0.1) is 0 Å². The molecular weight excluding hydrogens is 236 g/mol. The highest BCUT2D eigenvalue weighted by molar-refractivity contribution is 5.87. The molecule has 0 aliphatic carbocycles. The Bertz CT molecular complexity index is 485. The van der Waals surface area contributed by atoms with Crippen LogP contribution >= 0.6 is 0 Å². The maximum absolute atomic E-state index is 11.3. The molecule has 0 spiro atoms. The van der Waals surface area contributed by atoms with Crippen molar-refractivity contribution in [2.24, 2.45) is 5.73 Å². The molecule has 0 saturated heterocycles. The van der Waals surface area contributed by atoms with E-state index in [4.69, 9.17) is 10.5 Å². The molecule has 0 fully saturated rings. The highest BCUT2D eigenvalue weighted by atomic mass is 16.5. The first-order valence-electron chi connectivity index (χ1n) is 5.25. The third-order valence-corrected chi connectivity index (χ3v) is 2.12. The first kappa shape index (κ1) is 13.7. The van der Waals surface area contributed by atoms with Gasteiger partial charge in [0.1, 0.15) is 11.8 Å². The Hall–Kier alpha value is -2.37. The number of carbonyl (C=O) groups excluding carboxylic acids is 3. The van der Waals surface area contributed by atoms with Crippen LogP contribution in [0.25, 0.3) is 0 Å². The molecule has 96 valence electrons. The van der Waals surface area contributed by atoms with Crippen molar-refractivity contribution in [1.82, 2.24) is 5.32 Å². The molecule has 1 aromatic carbocycles. The average Bonchev–Trinajstić information content (AvgIpc) is 2.25. The lowest BCUT2D eigenvalue weighted by Crippen LogP contribution is -2.36. The number of rotatable bonds is 4. The number of benzene rings is 1. The number of primary amides is 1. The fourth-order valence-corrected chi connectivity index (χ4v) is 1.47. The molecule has 1 unspecified atom stereocenters. The summed E-state index contributed by atoms with van der Waals surface area (Å²) in [5.74, 6) is -1.46. The topological polar surface area (TPSA) is 98.5 Å². The van der Waals surface area contributed by atoms with Gasteiger partial charge in [0.25, 0.3) is 0 Å². The second-order valence-electron chi connectivity index (χ2n) is 3.67. The summed E-state index contributed by atoms with van der Waals surface area (Å²) < 4.78 is 4.96. The molecule has 0 aliphatic rings. The first-order valence-corrected chi connectivity index (χ1v) is 5.25. The normalized spacial score (nSPS) is 11.4. The number of carbonyl (C=O) groups is 3. The van der Waals surface area contributed by atoms with Crippen LogP contribution in [0.4, 0.5) is 0 Å². The smallest absolute Gasteiger partial charge is 0.308 e. The van der Waals surface area contributed by atoms with E-state index in [0.29, 0.717) is 5.56 Å². The summed E-state index contributed by atoms with van der Waals surface area (Å²) >= 11 is 0. The van der Waals surface area contributed by atoms with E-state index >= 15 is 0 Å². The van der Waals surface area contributed by atoms with Crippen LogP contribution < -0.4 is 15.8 Å². The van der Waals surface area contributed by atoms with Crippen LogP contribution in [0.2, 0.25) is 0 Å². The predicted molar refractivity (Wildman–Crippen MR) is 63.5 cm³/mol. The van der Waals surface area contributed by atoms with Gasteiger partial charge >= 0.3 is 5.97 Å². The molecule has 6 nitrogen and oxygen atoms in total. The van der Waals surface area contributed by atoms with Crippen molar-refractivity contribution in [2.75, 3.05) is 0 Å². The highest BCUT2D eigenvalue weighted by Crippen LogP contribution is 2.25. The lowest BCUT2D eigenvalue weighted by atomic mass is 10.1. The minimum absolute atomic E-state index is 0.197. The number of amides is 2. The van der Waals surface area contributed by atoms with Crippen LogP contribution in [0.3, 0.4) is 0 Å². The molecule has 6 heteroatoms. The average molecular weight is 250 g/mol. The van der Waals surface area contributed by atoms with E-state index in [0.717, 1.165) is 0 Å². The number of nitrogens with two attached hydrogens (primary N) is 1. The molecular formula is C12H14N2O4. The molecule has 1 aromatic rings. The summed E-state index contributed by atoms with van der Waals surface area (Å²) in [6.45, 7) is 2.51. The van der Waals surface area contributed by atoms with Gasteiger partial charge in [-0.1, -0.05) is 18.2 Å². The maximum atomic E-state index is 11.3. The third-order valence-electron chi connectivity index (χ3n) is 2.12. The first-order chi connectivity index (χ1) is 8.41. The second-order valence-corrected chi connectivity index (χ2v) is 3.67. The fraction of sp³-hybridized carbons (Fsp3) is 0.250. The summed E-state index contributed by atoms with van der Waals surface area (Å²) in [6.07, 6.45) is 0. The lowest BCUT2D eigenvalue weighted by Gasteiger charge is -2.17. The molecule has 18 heavy (non-hydrogen) atoms. The molecule has 1 atom stereocenters. The number of para-hydroxylation sites is 1. The van der Waals surface area contributed by atoms with Crippen LogP contribution in [0.5, 0.6) is 5.75 Å².